The Balaban J connectivity index is 1.51. The molecule has 1 N–H and O–H groups in total. The summed E-state index contributed by atoms with van der Waals surface area (Å²) in [5, 5.41) is 2.79. The van der Waals surface area contributed by atoms with Crippen molar-refractivity contribution >= 4 is 17.8 Å². The molecule has 1 aliphatic heterocycles. The molecule has 0 spiro atoms. The highest BCUT2D eigenvalue weighted by Crippen LogP contribution is 2.35. The normalized spacial score (nSPS) is 25.8. The number of carbonyl (C=O) groups excluding carboxylic acids is 3. The molecule has 2 saturated carbocycles. The van der Waals surface area contributed by atoms with Gasteiger partial charge in [0.05, 0.1) is 0 Å². The number of hydrogen-bond acceptors (Lipinski definition) is 3. The lowest BCUT2D eigenvalue weighted by atomic mass is 9.91. The number of nitrogens with one attached hydrogen (secondary N) is 1. The van der Waals surface area contributed by atoms with E-state index in [9.17, 15) is 14.4 Å². The number of benzene rings is 1. The van der Waals surface area contributed by atoms with Crippen LogP contribution in [0.2, 0.25) is 0 Å². The number of aryl methyl sites for hydroxylation is 1. The lowest BCUT2D eigenvalue weighted by molar-refractivity contribution is -0.140. The highest BCUT2D eigenvalue weighted by atomic mass is 16.2. The van der Waals surface area contributed by atoms with Crippen LogP contribution in [0.5, 0.6) is 0 Å². The predicted molar refractivity (Wildman–Crippen MR) is 101 cm³/mol. The zero-order chi connectivity index (χ0) is 19.2. The summed E-state index contributed by atoms with van der Waals surface area (Å²) in [6.07, 6.45) is 6.42. The summed E-state index contributed by atoms with van der Waals surface area (Å²) in [5.41, 5.74) is 0.696. The van der Waals surface area contributed by atoms with E-state index in [0.29, 0.717) is 6.04 Å². The van der Waals surface area contributed by atoms with Crippen molar-refractivity contribution in [3.8, 4) is 0 Å². The van der Waals surface area contributed by atoms with E-state index in [1.165, 1.54) is 0 Å². The van der Waals surface area contributed by atoms with Crippen molar-refractivity contribution in [1.29, 1.82) is 0 Å². The van der Waals surface area contributed by atoms with Crippen LogP contribution in [0.4, 0.5) is 4.79 Å². The minimum atomic E-state index is -1.12. The van der Waals surface area contributed by atoms with Crippen LogP contribution in [-0.4, -0.2) is 46.3 Å². The Morgan fingerprint density at radius 1 is 1.11 bits per heavy atom. The Kier molecular flexibility index (Phi) is 4.44. The zero-order valence-corrected chi connectivity index (χ0v) is 16.0. The van der Waals surface area contributed by atoms with Crippen molar-refractivity contribution in [2.75, 3.05) is 6.54 Å². The monoisotopic (exact) mass is 369 g/mol. The summed E-state index contributed by atoms with van der Waals surface area (Å²) in [6.45, 7) is 3.51. The summed E-state index contributed by atoms with van der Waals surface area (Å²) in [6, 6.07) is 7.63. The second-order valence-corrected chi connectivity index (χ2v) is 8.28. The Labute approximate surface area is 159 Å². The van der Waals surface area contributed by atoms with E-state index in [1.54, 1.807) is 6.92 Å². The van der Waals surface area contributed by atoms with Gasteiger partial charge in [-0.1, -0.05) is 42.7 Å². The van der Waals surface area contributed by atoms with Gasteiger partial charge in [0.1, 0.15) is 12.1 Å². The van der Waals surface area contributed by atoms with Crippen molar-refractivity contribution < 1.29 is 14.4 Å². The van der Waals surface area contributed by atoms with E-state index >= 15 is 0 Å². The first-order chi connectivity index (χ1) is 12.9. The van der Waals surface area contributed by atoms with E-state index in [-0.39, 0.29) is 24.4 Å². The van der Waals surface area contributed by atoms with Crippen molar-refractivity contribution in [3.05, 3.63) is 35.4 Å². The first kappa shape index (κ1) is 18.0. The molecule has 3 fully saturated rings. The number of amides is 4. The van der Waals surface area contributed by atoms with Gasteiger partial charge in [-0.3, -0.25) is 14.5 Å². The van der Waals surface area contributed by atoms with Crippen LogP contribution in [0.3, 0.4) is 0 Å². The molecule has 27 heavy (non-hydrogen) atoms. The van der Waals surface area contributed by atoms with Crippen molar-refractivity contribution in [1.82, 2.24) is 15.1 Å². The lowest BCUT2D eigenvalue weighted by Gasteiger charge is -2.30. The topological polar surface area (TPSA) is 69.7 Å². The molecular weight excluding hydrogens is 342 g/mol. The van der Waals surface area contributed by atoms with Crippen LogP contribution >= 0.6 is 0 Å². The van der Waals surface area contributed by atoms with Gasteiger partial charge in [0.2, 0.25) is 5.91 Å². The van der Waals surface area contributed by atoms with E-state index in [2.05, 4.69) is 5.32 Å². The van der Waals surface area contributed by atoms with Gasteiger partial charge in [0, 0.05) is 12.1 Å². The maximum Gasteiger partial charge on any atom is 0.325 e. The Bertz CT molecular complexity index is 765. The number of hydrogen-bond donors (Lipinski definition) is 1. The lowest BCUT2D eigenvalue weighted by Crippen LogP contribution is -2.48. The van der Waals surface area contributed by atoms with Gasteiger partial charge < -0.3 is 10.2 Å². The third-order valence-corrected chi connectivity index (χ3v) is 6.14. The smallest absolute Gasteiger partial charge is 0.325 e. The first-order valence-electron chi connectivity index (χ1n) is 9.92. The summed E-state index contributed by atoms with van der Waals surface area (Å²) < 4.78 is 0. The molecule has 1 saturated heterocycles. The molecule has 3 aliphatic rings. The van der Waals surface area contributed by atoms with Gasteiger partial charge in [0.25, 0.3) is 5.91 Å². The molecule has 1 heterocycles. The Morgan fingerprint density at radius 3 is 2.30 bits per heavy atom. The second kappa shape index (κ2) is 6.66. The molecule has 1 aromatic rings. The average Bonchev–Trinajstić information content (AvgIpc) is 3.27. The van der Waals surface area contributed by atoms with E-state index in [4.69, 9.17) is 0 Å². The van der Waals surface area contributed by atoms with Crippen molar-refractivity contribution in [2.45, 2.75) is 70.0 Å². The largest absolute Gasteiger partial charge is 0.335 e. The molecule has 0 aromatic heterocycles. The zero-order valence-electron chi connectivity index (χ0n) is 16.0. The van der Waals surface area contributed by atoms with Gasteiger partial charge in [-0.25, -0.2) is 4.79 Å². The summed E-state index contributed by atoms with van der Waals surface area (Å²) >= 11 is 0. The van der Waals surface area contributed by atoms with Crippen LogP contribution in [0.1, 0.15) is 56.6 Å². The molecular formula is C21H27N3O3. The quantitative estimate of drug-likeness (QED) is 0.812. The third kappa shape index (κ3) is 3.22. The molecule has 4 amide bonds. The minimum Gasteiger partial charge on any atom is -0.335 e. The van der Waals surface area contributed by atoms with Gasteiger partial charge in [-0.2, -0.15) is 0 Å². The number of imide groups is 1. The minimum absolute atomic E-state index is 0.0962. The SMILES string of the molecule is Cc1ccc(C2(C)NC(=O)N(CC(=O)N(C3CCCC3)C3CC3)C2=O)cc1. The van der Waals surface area contributed by atoms with E-state index < -0.39 is 11.6 Å². The van der Waals surface area contributed by atoms with Crippen LogP contribution in [0, 0.1) is 6.92 Å². The van der Waals surface area contributed by atoms with Crippen molar-refractivity contribution in [3.63, 3.8) is 0 Å². The molecule has 0 radical (unpaired) electrons. The van der Waals surface area contributed by atoms with Crippen LogP contribution in [-0.2, 0) is 15.1 Å². The standard InChI is InChI=1S/C21H27N3O3/c1-14-7-9-15(10-8-14)21(2)19(26)23(20(27)22-21)13-18(25)24(17-11-12-17)16-5-3-4-6-16/h7-10,16-17H,3-6,11-13H2,1-2H3,(H,22,27). The van der Waals surface area contributed by atoms with Crippen LogP contribution < -0.4 is 5.32 Å². The molecule has 4 rings (SSSR count). The van der Waals surface area contributed by atoms with Gasteiger partial charge in [-0.15, -0.1) is 0 Å². The fourth-order valence-electron chi connectivity index (χ4n) is 4.38. The maximum absolute atomic E-state index is 13.1. The Morgan fingerprint density at radius 2 is 1.70 bits per heavy atom. The molecule has 0 bridgehead atoms. The Hall–Kier alpha value is -2.37. The highest BCUT2D eigenvalue weighted by molar-refractivity contribution is 6.09. The van der Waals surface area contributed by atoms with Crippen LogP contribution in [0.15, 0.2) is 24.3 Å². The first-order valence-corrected chi connectivity index (χ1v) is 9.92. The third-order valence-electron chi connectivity index (χ3n) is 6.14. The average molecular weight is 369 g/mol. The van der Waals surface area contributed by atoms with Gasteiger partial charge in [-0.05, 0) is 45.1 Å². The molecule has 1 aromatic carbocycles. The summed E-state index contributed by atoms with van der Waals surface area (Å²) in [7, 11) is 0. The molecule has 144 valence electrons. The van der Waals surface area contributed by atoms with Gasteiger partial charge in [0.15, 0.2) is 0 Å². The van der Waals surface area contributed by atoms with Gasteiger partial charge >= 0.3 is 6.03 Å². The number of rotatable bonds is 5. The fourth-order valence-corrected chi connectivity index (χ4v) is 4.38. The number of urea groups is 1. The van der Waals surface area contributed by atoms with E-state index in [1.807, 2.05) is 36.1 Å². The fraction of sp³-hybridized carbons (Fsp3) is 0.571. The second-order valence-electron chi connectivity index (χ2n) is 8.28. The number of nitrogens with zero attached hydrogens (tertiary/aromatic N) is 2. The van der Waals surface area contributed by atoms with Crippen molar-refractivity contribution in [2.24, 2.45) is 0 Å². The molecule has 2 aliphatic carbocycles. The summed E-state index contributed by atoms with van der Waals surface area (Å²) in [4.78, 5) is 41.6. The molecule has 1 unspecified atom stereocenters. The van der Waals surface area contributed by atoms with Crippen LogP contribution in [0.25, 0.3) is 0 Å². The van der Waals surface area contributed by atoms with E-state index in [0.717, 1.165) is 54.6 Å². The predicted octanol–water partition coefficient (Wildman–Crippen LogP) is 2.70. The summed E-state index contributed by atoms with van der Waals surface area (Å²) in [5.74, 6) is -0.451. The maximum atomic E-state index is 13.1. The molecule has 1 atom stereocenters. The molecule has 6 nitrogen and oxygen atoms in total. The highest BCUT2D eigenvalue weighted by Gasteiger charge is 2.50. The molecule has 6 heteroatoms. The number of carbonyl (C=O) groups is 3.